The number of aliphatic hydroxyl groups excluding tert-OH is 4. The van der Waals surface area contributed by atoms with Crippen molar-refractivity contribution in [3.05, 3.63) is 0 Å². The third-order valence-electron chi connectivity index (χ3n) is 20.5. The fourth-order valence-corrected chi connectivity index (χ4v) is 17.7. The highest BCUT2D eigenvalue weighted by Crippen LogP contribution is 2.70. The highest BCUT2D eigenvalue weighted by molar-refractivity contribution is 9.09. The Kier molecular flexibility index (Phi) is 14.8. The Morgan fingerprint density at radius 3 is 1.34 bits per heavy atom. The highest BCUT2D eigenvalue weighted by atomic mass is 79.9. The zero-order chi connectivity index (χ0) is 40.7. The molecule has 0 amide bonds. The van der Waals surface area contributed by atoms with E-state index < -0.39 is 24.0 Å². The van der Waals surface area contributed by atoms with Gasteiger partial charge in [-0.25, -0.2) is 0 Å². The predicted molar refractivity (Wildman–Crippen MR) is 234 cm³/mol. The molecule has 6 N–H and O–H groups in total. The molecule has 0 saturated heterocycles. The summed E-state index contributed by atoms with van der Waals surface area (Å²) in [6.45, 7) is 13.9. The van der Waals surface area contributed by atoms with Crippen molar-refractivity contribution >= 4 is 27.9 Å². The van der Waals surface area contributed by atoms with Crippen LogP contribution in [0.1, 0.15) is 166 Å². The lowest BCUT2D eigenvalue weighted by molar-refractivity contribution is -0.176. The van der Waals surface area contributed by atoms with E-state index in [1.807, 2.05) is 6.92 Å². The van der Waals surface area contributed by atoms with E-state index in [1.54, 1.807) is 0 Å². The molecule has 8 rings (SSSR count). The molecule has 0 aromatic rings. The summed E-state index contributed by atoms with van der Waals surface area (Å²) < 4.78 is 0. The first kappa shape index (κ1) is 48.3. The Labute approximate surface area is 360 Å². The van der Waals surface area contributed by atoms with Crippen LogP contribution in [0.4, 0.5) is 0 Å². The Hall–Kier alpha value is -0.740. The highest BCUT2D eigenvalue weighted by Gasteiger charge is 2.65. The Balaban J connectivity index is 0.000000218. The van der Waals surface area contributed by atoms with Crippen LogP contribution in [0.2, 0.25) is 0 Å². The molecule has 8 aliphatic rings. The predicted octanol–water partition coefficient (Wildman–Crippen LogP) is 10.1. The van der Waals surface area contributed by atoms with Crippen molar-refractivity contribution in [2.45, 2.75) is 190 Å². The summed E-state index contributed by atoms with van der Waals surface area (Å²) in [6.07, 6.45) is 16.5. The maximum absolute atomic E-state index is 11.5. The molecule has 58 heavy (non-hydrogen) atoms. The quantitative estimate of drug-likeness (QED) is 0.109. The number of rotatable bonds is 7. The number of aliphatic carboxylic acids is 2. The normalized spacial score (nSPS) is 50.0. The summed E-state index contributed by atoms with van der Waals surface area (Å²) in [5.41, 5.74) is 0.376. The fourth-order valence-electron chi connectivity index (χ4n) is 17.3. The first-order valence-electron chi connectivity index (χ1n) is 23.1. The average Bonchev–Trinajstić information content (AvgIpc) is 3.70. The molecule has 0 aliphatic heterocycles. The molecule has 20 atom stereocenters. The maximum Gasteiger partial charge on any atom is 0.317 e. The van der Waals surface area contributed by atoms with Gasteiger partial charge in [0.05, 0.1) is 24.4 Å². The van der Waals surface area contributed by atoms with Crippen LogP contribution in [0.25, 0.3) is 0 Å². The maximum atomic E-state index is 11.5. The van der Waals surface area contributed by atoms with Gasteiger partial charge in [0.1, 0.15) is 0 Å². The topological polar surface area (TPSA) is 156 Å². The van der Waals surface area contributed by atoms with E-state index in [9.17, 15) is 40.2 Å². The van der Waals surface area contributed by atoms with Gasteiger partial charge in [-0.1, -0.05) is 72.3 Å². The van der Waals surface area contributed by atoms with Gasteiger partial charge >= 0.3 is 11.9 Å². The first-order valence-corrected chi connectivity index (χ1v) is 24.2. The molecule has 8 saturated carbocycles. The average molecular weight is 882 g/mol. The number of carbonyl (C=O) groups is 2. The third kappa shape index (κ3) is 7.71. The van der Waals surface area contributed by atoms with E-state index >= 15 is 0 Å². The summed E-state index contributed by atoms with van der Waals surface area (Å²) in [7, 11) is 0. The Bertz CT molecular complexity index is 1430. The van der Waals surface area contributed by atoms with E-state index in [0.29, 0.717) is 58.7 Å². The second-order valence-electron chi connectivity index (χ2n) is 22.3. The molecule has 0 radical (unpaired) electrons. The molecule has 0 spiro atoms. The number of fused-ring (bicyclic) bond motifs is 10. The lowest BCUT2D eigenvalue weighted by atomic mass is 9.43. The third-order valence-corrected chi connectivity index (χ3v) is 21.5. The number of hydrogen-bond acceptors (Lipinski definition) is 6. The second-order valence-corrected chi connectivity index (χ2v) is 23.0. The van der Waals surface area contributed by atoms with Gasteiger partial charge in [-0.2, -0.15) is 0 Å². The lowest BCUT2D eigenvalue weighted by Crippen LogP contribution is -2.58. The largest absolute Gasteiger partial charge is 0.481 e. The SMILES string of the molecule is C.C.C[C@H](CBr)[C@H]1CCC2C3CC[C@@H]4C[C@H](O)CC[C@]4(C)C3C[C@H](O)[C@@]21C.C[C@H](CC(C(=O)O)C(=O)O)[C@H]1CCC2C3CC[C@@H]4C[C@H](O)CC[C@]4(C)C3C[C@H](O)[C@@]21C. The van der Waals surface area contributed by atoms with Gasteiger partial charge in [-0.15, -0.1) is 0 Å². The molecular weight excluding hydrogens is 796 g/mol. The van der Waals surface area contributed by atoms with Crippen LogP contribution in [0.3, 0.4) is 0 Å². The Morgan fingerprint density at radius 2 is 0.966 bits per heavy atom. The van der Waals surface area contributed by atoms with E-state index in [-0.39, 0.29) is 67.7 Å². The van der Waals surface area contributed by atoms with Crippen LogP contribution in [0.15, 0.2) is 0 Å². The number of aliphatic hydroxyl groups is 4. The van der Waals surface area contributed by atoms with E-state index in [2.05, 4.69) is 50.5 Å². The summed E-state index contributed by atoms with van der Waals surface area (Å²) in [6, 6.07) is 0. The van der Waals surface area contributed by atoms with Crippen LogP contribution < -0.4 is 0 Å². The number of carboxylic acid groups (broad SMARTS) is 2. The second kappa shape index (κ2) is 17.8. The van der Waals surface area contributed by atoms with Gasteiger partial charge < -0.3 is 30.6 Å². The van der Waals surface area contributed by atoms with E-state index in [4.69, 9.17) is 0 Å². The molecule has 8 fully saturated rings. The molecule has 8 nitrogen and oxygen atoms in total. The minimum absolute atomic E-state index is 0. The number of carboxylic acids is 2. The van der Waals surface area contributed by atoms with Gasteiger partial charge in [-0.3, -0.25) is 9.59 Å². The molecule has 6 unspecified atom stereocenters. The molecule has 0 aromatic carbocycles. The molecule has 0 heterocycles. The summed E-state index contributed by atoms with van der Waals surface area (Å²) >= 11 is 3.71. The first-order chi connectivity index (χ1) is 26.3. The zero-order valence-electron chi connectivity index (χ0n) is 35.4. The van der Waals surface area contributed by atoms with Gasteiger partial charge in [0.2, 0.25) is 0 Å². The standard InChI is InChI=1S/C25H40O6.C22H37BrO2.2CH4/c1-13(10-17(22(28)29)23(30)31)18-6-7-19-16-5-4-14-11-15(26)8-9-24(14,2)20(16)12-21(27)25(18,19)3;1-13(12-23)17-6-7-18-16-5-4-14-10-15(24)8-9-21(14,2)19(16)11-20(25)22(17,18)3;;/h13-21,26-27H,4-12H2,1-3H3,(H,28,29)(H,30,31);13-20,24-25H,4-12H2,1-3H3;2*1H4/t13-,14-,15-,16?,18-,19?,20?,21+,24+,25-;13-,14-,15-,16?,17-,18?,19?,20+,21+,22-;;/m11../s1. The lowest BCUT2D eigenvalue weighted by Gasteiger charge is -2.62. The molecule has 8 aliphatic carbocycles. The van der Waals surface area contributed by atoms with Gasteiger partial charge in [0.25, 0.3) is 0 Å². The number of alkyl halides is 1. The van der Waals surface area contributed by atoms with Crippen LogP contribution in [-0.4, -0.2) is 72.3 Å². The molecule has 0 bridgehead atoms. The molecule has 0 aromatic heterocycles. The van der Waals surface area contributed by atoms with Crippen LogP contribution in [0.5, 0.6) is 0 Å². The van der Waals surface area contributed by atoms with Crippen molar-refractivity contribution in [2.24, 2.45) is 98.6 Å². The fraction of sp³-hybridized carbons (Fsp3) is 0.959. The zero-order valence-corrected chi connectivity index (χ0v) is 37.0. The van der Waals surface area contributed by atoms with Gasteiger partial charge in [0, 0.05) is 5.33 Å². The van der Waals surface area contributed by atoms with Crippen LogP contribution in [-0.2, 0) is 9.59 Å². The van der Waals surface area contributed by atoms with E-state index in [1.165, 1.54) is 25.7 Å². The molecular formula is C49H85BrO8. The number of hydrogen-bond donors (Lipinski definition) is 6. The van der Waals surface area contributed by atoms with Gasteiger partial charge in [0.15, 0.2) is 5.92 Å². The van der Waals surface area contributed by atoms with Gasteiger partial charge in [-0.05, 0) is 202 Å². The molecule has 9 heteroatoms. The molecule has 336 valence electrons. The van der Waals surface area contributed by atoms with Crippen molar-refractivity contribution in [3.8, 4) is 0 Å². The van der Waals surface area contributed by atoms with E-state index in [0.717, 1.165) is 88.3 Å². The summed E-state index contributed by atoms with van der Waals surface area (Å²) in [4.78, 5) is 22.9. The Morgan fingerprint density at radius 1 is 0.569 bits per heavy atom. The van der Waals surface area contributed by atoms with Crippen molar-refractivity contribution < 1.29 is 40.2 Å². The van der Waals surface area contributed by atoms with Crippen molar-refractivity contribution in [3.63, 3.8) is 0 Å². The van der Waals surface area contributed by atoms with Crippen molar-refractivity contribution in [1.82, 2.24) is 0 Å². The monoisotopic (exact) mass is 881 g/mol. The van der Waals surface area contributed by atoms with Crippen molar-refractivity contribution in [2.75, 3.05) is 5.33 Å². The van der Waals surface area contributed by atoms with Crippen LogP contribution >= 0.6 is 15.9 Å². The van der Waals surface area contributed by atoms with Crippen molar-refractivity contribution in [1.29, 1.82) is 0 Å². The van der Waals surface area contributed by atoms with Crippen LogP contribution in [0, 0.1) is 98.6 Å². The number of halogens is 1. The minimum Gasteiger partial charge on any atom is -0.481 e. The summed E-state index contributed by atoms with van der Waals surface area (Å²) in [5.74, 6) is 2.32. The summed E-state index contributed by atoms with van der Waals surface area (Å²) in [5, 5.41) is 63.0. The minimum atomic E-state index is -1.38. The smallest absolute Gasteiger partial charge is 0.317 e.